The number of benzene rings is 4. The van der Waals surface area contributed by atoms with Gasteiger partial charge in [0.15, 0.2) is 0 Å². The minimum absolute atomic E-state index is 0.0369. The molecule has 284 valence electrons. The molecule has 0 aliphatic rings. The van der Waals surface area contributed by atoms with Gasteiger partial charge in [0, 0.05) is 19.3 Å². The molecular formula is C42H50N6O6. The summed E-state index contributed by atoms with van der Waals surface area (Å²) in [5.41, 5.74) is 15.1. The maximum absolute atomic E-state index is 14.0. The Balaban J connectivity index is 1.54. The Kier molecular flexibility index (Phi) is 16.4. The molecule has 9 N–H and O–H groups in total. The molecule has 0 unspecified atom stereocenters. The molecule has 0 aliphatic carbocycles. The Hall–Kier alpha value is -5.85. The van der Waals surface area contributed by atoms with E-state index in [-0.39, 0.29) is 32.1 Å². The standard InChI is InChI=1S/C42H50N6O6/c43-24-14-13-23-34(45-40(51)35(26-30-17-7-2-8-18-30)46-38(49)33(44)25-29-15-5-1-6-16-29)39(50)47-36(27-31-19-9-3-10-20-31)41(52)48-37(42(53)54)28-32-21-11-4-12-22-32/h1-12,15-22,33-37H,13-14,23-28,43-44H2,(H,45,51)(H,46,49)(H,47,50)(H,48,52)(H,53,54)/t33-,34-,35-,36-,37-/m0/s1. The normalized spacial score (nSPS) is 13.7. The van der Waals surface area contributed by atoms with Gasteiger partial charge in [-0.25, -0.2) is 4.79 Å². The first-order chi connectivity index (χ1) is 26.1. The lowest BCUT2D eigenvalue weighted by Crippen LogP contribution is -2.59. The topological polar surface area (TPSA) is 206 Å². The van der Waals surface area contributed by atoms with Crippen molar-refractivity contribution in [1.29, 1.82) is 0 Å². The first-order valence-corrected chi connectivity index (χ1v) is 18.2. The number of rotatable bonds is 21. The van der Waals surface area contributed by atoms with E-state index >= 15 is 0 Å². The van der Waals surface area contributed by atoms with E-state index in [0.29, 0.717) is 19.4 Å². The monoisotopic (exact) mass is 734 g/mol. The second-order valence-corrected chi connectivity index (χ2v) is 13.2. The highest BCUT2D eigenvalue weighted by Crippen LogP contribution is 2.11. The van der Waals surface area contributed by atoms with Crippen LogP contribution in [0.3, 0.4) is 0 Å². The molecular weight excluding hydrogens is 684 g/mol. The number of carbonyl (C=O) groups excluding carboxylic acids is 4. The van der Waals surface area contributed by atoms with Crippen LogP contribution in [0.4, 0.5) is 0 Å². The summed E-state index contributed by atoms with van der Waals surface area (Å²) in [5, 5.41) is 21.0. The molecule has 4 amide bonds. The highest BCUT2D eigenvalue weighted by Gasteiger charge is 2.32. The maximum Gasteiger partial charge on any atom is 0.326 e. The summed E-state index contributed by atoms with van der Waals surface area (Å²) in [7, 11) is 0. The molecule has 0 radical (unpaired) electrons. The van der Waals surface area contributed by atoms with Crippen LogP contribution in [0.25, 0.3) is 0 Å². The molecule has 12 heteroatoms. The van der Waals surface area contributed by atoms with Gasteiger partial charge in [0.25, 0.3) is 0 Å². The number of carboxylic acid groups (broad SMARTS) is 1. The number of hydrogen-bond donors (Lipinski definition) is 7. The van der Waals surface area contributed by atoms with E-state index in [0.717, 1.165) is 22.3 Å². The fourth-order valence-corrected chi connectivity index (χ4v) is 5.99. The third-order valence-corrected chi connectivity index (χ3v) is 8.94. The summed E-state index contributed by atoms with van der Waals surface area (Å²) >= 11 is 0. The number of unbranched alkanes of at least 4 members (excludes halogenated alkanes) is 1. The molecule has 0 saturated carbocycles. The number of amides is 4. The fourth-order valence-electron chi connectivity index (χ4n) is 5.99. The highest BCUT2D eigenvalue weighted by atomic mass is 16.4. The van der Waals surface area contributed by atoms with E-state index in [4.69, 9.17) is 11.5 Å². The summed E-state index contributed by atoms with van der Waals surface area (Å²) in [4.78, 5) is 67.4. The summed E-state index contributed by atoms with van der Waals surface area (Å²) < 4.78 is 0. The van der Waals surface area contributed by atoms with Gasteiger partial charge in [0.05, 0.1) is 6.04 Å². The van der Waals surface area contributed by atoms with Crippen LogP contribution in [0.15, 0.2) is 121 Å². The average Bonchev–Trinajstić information content (AvgIpc) is 3.18. The van der Waals surface area contributed by atoms with Crippen molar-refractivity contribution < 1.29 is 29.1 Å². The van der Waals surface area contributed by atoms with Crippen molar-refractivity contribution in [2.75, 3.05) is 6.54 Å². The predicted molar refractivity (Wildman–Crippen MR) is 207 cm³/mol. The van der Waals surface area contributed by atoms with Gasteiger partial charge in [-0.15, -0.1) is 0 Å². The molecule has 4 aromatic rings. The van der Waals surface area contributed by atoms with E-state index in [1.165, 1.54) is 0 Å². The maximum atomic E-state index is 14.0. The van der Waals surface area contributed by atoms with Crippen LogP contribution >= 0.6 is 0 Å². The van der Waals surface area contributed by atoms with Crippen molar-refractivity contribution >= 4 is 29.6 Å². The second-order valence-electron chi connectivity index (χ2n) is 13.2. The van der Waals surface area contributed by atoms with Gasteiger partial charge < -0.3 is 37.8 Å². The summed E-state index contributed by atoms with van der Waals surface area (Å²) in [5.74, 6) is -3.69. The Morgan fingerprint density at radius 3 is 1.20 bits per heavy atom. The number of nitrogens with one attached hydrogen (secondary N) is 4. The first-order valence-electron chi connectivity index (χ1n) is 18.2. The Morgan fingerprint density at radius 2 is 0.796 bits per heavy atom. The molecule has 0 aromatic heterocycles. The molecule has 0 heterocycles. The third kappa shape index (κ3) is 13.6. The van der Waals surface area contributed by atoms with E-state index in [1.54, 1.807) is 48.5 Å². The number of carboxylic acids is 1. The molecule has 0 bridgehead atoms. The SMILES string of the molecule is NCCCC[C@H](NC(=O)[C@H](Cc1ccccc1)NC(=O)[C@@H](N)Cc1ccccc1)C(=O)N[C@@H](Cc1ccccc1)C(=O)N[C@@H](Cc1ccccc1)C(=O)O. The lowest BCUT2D eigenvalue weighted by atomic mass is 10.0. The second kappa shape index (κ2) is 21.6. The number of aliphatic carboxylic acids is 1. The Bertz CT molecular complexity index is 1780. The van der Waals surface area contributed by atoms with Crippen LogP contribution in [0.5, 0.6) is 0 Å². The van der Waals surface area contributed by atoms with Crippen LogP contribution < -0.4 is 32.7 Å². The van der Waals surface area contributed by atoms with Crippen LogP contribution in [0.1, 0.15) is 41.5 Å². The molecule has 0 fully saturated rings. The zero-order chi connectivity index (χ0) is 38.7. The number of hydrogen-bond acceptors (Lipinski definition) is 7. The smallest absolute Gasteiger partial charge is 0.326 e. The van der Waals surface area contributed by atoms with Crippen molar-refractivity contribution in [1.82, 2.24) is 21.3 Å². The van der Waals surface area contributed by atoms with Crippen molar-refractivity contribution in [3.63, 3.8) is 0 Å². The van der Waals surface area contributed by atoms with Crippen LogP contribution in [-0.2, 0) is 49.7 Å². The van der Waals surface area contributed by atoms with E-state index in [9.17, 15) is 29.1 Å². The quantitative estimate of drug-likeness (QED) is 0.0632. The van der Waals surface area contributed by atoms with Gasteiger partial charge >= 0.3 is 5.97 Å². The van der Waals surface area contributed by atoms with Crippen LogP contribution in [-0.4, -0.2) is 71.5 Å². The van der Waals surface area contributed by atoms with Gasteiger partial charge in [-0.3, -0.25) is 19.2 Å². The largest absolute Gasteiger partial charge is 0.480 e. The van der Waals surface area contributed by atoms with Gasteiger partial charge in [0.1, 0.15) is 24.2 Å². The van der Waals surface area contributed by atoms with Crippen LogP contribution in [0.2, 0.25) is 0 Å². The zero-order valence-corrected chi connectivity index (χ0v) is 30.2. The molecule has 12 nitrogen and oxygen atoms in total. The zero-order valence-electron chi connectivity index (χ0n) is 30.2. The first kappa shape index (κ1) is 40.9. The molecule has 5 atom stereocenters. The Morgan fingerprint density at radius 1 is 0.463 bits per heavy atom. The lowest BCUT2D eigenvalue weighted by Gasteiger charge is -2.27. The van der Waals surface area contributed by atoms with E-state index < -0.39 is 59.8 Å². The van der Waals surface area contributed by atoms with Gasteiger partial charge in [0.2, 0.25) is 23.6 Å². The highest BCUT2D eigenvalue weighted by molar-refractivity contribution is 5.95. The predicted octanol–water partition coefficient (Wildman–Crippen LogP) is 2.44. The van der Waals surface area contributed by atoms with Crippen molar-refractivity contribution in [2.45, 2.75) is 75.2 Å². The Labute approximate surface area is 316 Å². The van der Waals surface area contributed by atoms with E-state index in [2.05, 4.69) is 21.3 Å². The van der Waals surface area contributed by atoms with Gasteiger partial charge in [-0.1, -0.05) is 121 Å². The van der Waals surface area contributed by atoms with Gasteiger partial charge in [-0.05, 0) is 54.5 Å². The van der Waals surface area contributed by atoms with Crippen LogP contribution in [0, 0.1) is 0 Å². The molecule has 54 heavy (non-hydrogen) atoms. The van der Waals surface area contributed by atoms with Crippen molar-refractivity contribution in [3.8, 4) is 0 Å². The lowest BCUT2D eigenvalue weighted by molar-refractivity contribution is -0.142. The van der Waals surface area contributed by atoms with Crippen molar-refractivity contribution in [3.05, 3.63) is 144 Å². The fraction of sp³-hybridized carbons (Fsp3) is 0.310. The third-order valence-electron chi connectivity index (χ3n) is 8.94. The minimum atomic E-state index is -1.26. The summed E-state index contributed by atoms with van der Waals surface area (Å²) in [6.07, 6.45) is 1.74. The number of nitrogens with two attached hydrogens (primary N) is 2. The molecule has 4 rings (SSSR count). The molecule has 0 spiro atoms. The van der Waals surface area contributed by atoms with E-state index in [1.807, 2.05) is 72.8 Å². The number of carbonyl (C=O) groups is 5. The summed E-state index contributed by atoms with van der Waals surface area (Å²) in [6.45, 7) is 0.366. The molecule has 0 aliphatic heterocycles. The van der Waals surface area contributed by atoms with Crippen molar-refractivity contribution in [2.24, 2.45) is 11.5 Å². The molecule has 0 saturated heterocycles. The average molecular weight is 735 g/mol. The van der Waals surface area contributed by atoms with Gasteiger partial charge in [-0.2, -0.15) is 0 Å². The summed E-state index contributed by atoms with van der Waals surface area (Å²) in [6, 6.07) is 30.8. The molecule has 4 aromatic carbocycles. The minimum Gasteiger partial charge on any atom is -0.480 e.